The van der Waals surface area contributed by atoms with Gasteiger partial charge in [0.25, 0.3) is 0 Å². The molecule has 2 atom stereocenters. The Morgan fingerprint density at radius 2 is 1.94 bits per heavy atom. The molecule has 3 nitrogen and oxygen atoms in total. The molecule has 0 aliphatic rings. The number of nitrogens with one attached hydrogen (secondary N) is 1. The maximum absolute atomic E-state index is 11.4. The van der Waals surface area contributed by atoms with Crippen LogP contribution in [0.4, 0.5) is 0 Å². The Kier molecular flexibility index (Phi) is 5.65. The molecule has 0 aliphatic heterocycles. The van der Waals surface area contributed by atoms with E-state index in [9.17, 15) is 4.79 Å². The highest BCUT2D eigenvalue weighted by Crippen LogP contribution is 2.12. The third kappa shape index (κ3) is 5.33. The summed E-state index contributed by atoms with van der Waals surface area (Å²) in [4.78, 5) is 11.4. The minimum absolute atomic E-state index is 0.0895. The molecule has 1 aromatic carbocycles. The summed E-state index contributed by atoms with van der Waals surface area (Å²) in [6.07, 6.45) is 1.87. The molecule has 1 amide bonds. The van der Waals surface area contributed by atoms with E-state index in [-0.39, 0.29) is 11.9 Å². The van der Waals surface area contributed by atoms with Gasteiger partial charge in [0.05, 0.1) is 6.04 Å². The second kappa shape index (κ2) is 6.77. The van der Waals surface area contributed by atoms with E-state index in [1.807, 2.05) is 19.1 Å². The van der Waals surface area contributed by atoms with Crippen molar-refractivity contribution >= 4 is 21.8 Å². The summed E-state index contributed by atoms with van der Waals surface area (Å²) in [6.45, 7) is 3.69. The zero-order chi connectivity index (χ0) is 12.8. The molecule has 0 saturated carbocycles. The standard InChI is InChI=1S/C13H19BrN2O/c1-9(16-13(17)10(2)15)3-4-11-5-7-12(14)8-6-11/h5-10H,3-4,15H2,1-2H3,(H,16,17)/t9?,10-/m0/s1. The summed E-state index contributed by atoms with van der Waals surface area (Å²) in [7, 11) is 0. The van der Waals surface area contributed by atoms with Gasteiger partial charge in [-0.05, 0) is 44.4 Å². The molecule has 1 unspecified atom stereocenters. The molecule has 1 aromatic rings. The lowest BCUT2D eigenvalue weighted by Crippen LogP contribution is -2.42. The Morgan fingerprint density at radius 1 is 1.35 bits per heavy atom. The number of nitrogens with two attached hydrogens (primary N) is 1. The van der Waals surface area contributed by atoms with Crippen molar-refractivity contribution in [1.82, 2.24) is 5.32 Å². The molecule has 0 fully saturated rings. The number of carbonyl (C=O) groups excluding carboxylic acids is 1. The van der Waals surface area contributed by atoms with Gasteiger partial charge in [0.2, 0.25) is 5.91 Å². The van der Waals surface area contributed by atoms with Crippen molar-refractivity contribution in [2.45, 2.75) is 38.8 Å². The summed E-state index contributed by atoms with van der Waals surface area (Å²) < 4.78 is 1.08. The fraction of sp³-hybridized carbons (Fsp3) is 0.462. The lowest BCUT2D eigenvalue weighted by atomic mass is 10.1. The molecule has 0 aliphatic carbocycles. The van der Waals surface area contributed by atoms with Gasteiger partial charge in [0.1, 0.15) is 0 Å². The van der Waals surface area contributed by atoms with Crippen LogP contribution in [0.5, 0.6) is 0 Å². The topological polar surface area (TPSA) is 55.1 Å². The number of hydrogen-bond acceptors (Lipinski definition) is 2. The summed E-state index contributed by atoms with van der Waals surface area (Å²) >= 11 is 3.40. The van der Waals surface area contributed by atoms with Gasteiger partial charge in [-0.3, -0.25) is 4.79 Å². The summed E-state index contributed by atoms with van der Waals surface area (Å²) in [5, 5.41) is 2.89. The van der Waals surface area contributed by atoms with Gasteiger partial charge < -0.3 is 11.1 Å². The lowest BCUT2D eigenvalue weighted by Gasteiger charge is -2.15. The molecular formula is C13H19BrN2O. The molecule has 4 heteroatoms. The van der Waals surface area contributed by atoms with Crippen LogP contribution >= 0.6 is 15.9 Å². The summed E-state index contributed by atoms with van der Waals surface area (Å²) in [5.41, 5.74) is 6.76. The number of carbonyl (C=O) groups is 1. The zero-order valence-corrected chi connectivity index (χ0v) is 11.8. The Labute approximate surface area is 111 Å². The maximum atomic E-state index is 11.4. The fourth-order valence-electron chi connectivity index (χ4n) is 1.48. The van der Waals surface area contributed by atoms with Gasteiger partial charge in [0, 0.05) is 10.5 Å². The smallest absolute Gasteiger partial charge is 0.236 e. The van der Waals surface area contributed by atoms with Crippen LogP contribution in [0.1, 0.15) is 25.8 Å². The van der Waals surface area contributed by atoms with Gasteiger partial charge in [-0.25, -0.2) is 0 Å². The first-order valence-corrected chi connectivity index (χ1v) is 6.58. The Balaban J connectivity index is 2.35. The first kappa shape index (κ1) is 14.2. The van der Waals surface area contributed by atoms with Crippen LogP contribution in [0.15, 0.2) is 28.7 Å². The summed E-state index contributed by atoms with van der Waals surface area (Å²) in [6, 6.07) is 7.94. The molecule has 0 radical (unpaired) electrons. The van der Waals surface area contributed by atoms with Gasteiger partial charge in [-0.1, -0.05) is 28.1 Å². The molecular weight excluding hydrogens is 280 g/mol. The molecule has 0 heterocycles. The van der Waals surface area contributed by atoms with Crippen molar-refractivity contribution < 1.29 is 4.79 Å². The zero-order valence-electron chi connectivity index (χ0n) is 10.2. The van der Waals surface area contributed by atoms with Gasteiger partial charge in [-0.15, -0.1) is 0 Å². The number of hydrogen-bond donors (Lipinski definition) is 2. The van der Waals surface area contributed by atoms with Gasteiger partial charge >= 0.3 is 0 Å². The van der Waals surface area contributed by atoms with Crippen molar-refractivity contribution in [2.75, 3.05) is 0 Å². The van der Waals surface area contributed by atoms with E-state index in [0.29, 0.717) is 0 Å². The van der Waals surface area contributed by atoms with Crippen molar-refractivity contribution in [3.8, 4) is 0 Å². The highest BCUT2D eigenvalue weighted by Gasteiger charge is 2.10. The highest BCUT2D eigenvalue weighted by atomic mass is 79.9. The molecule has 0 bridgehead atoms. The second-order valence-electron chi connectivity index (χ2n) is 4.36. The highest BCUT2D eigenvalue weighted by molar-refractivity contribution is 9.10. The van der Waals surface area contributed by atoms with Crippen LogP contribution in [0.3, 0.4) is 0 Å². The second-order valence-corrected chi connectivity index (χ2v) is 5.28. The normalized spacial score (nSPS) is 14.1. The minimum Gasteiger partial charge on any atom is -0.352 e. The number of amides is 1. The lowest BCUT2D eigenvalue weighted by molar-refractivity contribution is -0.122. The van der Waals surface area contributed by atoms with Crippen LogP contribution in [0, 0.1) is 0 Å². The molecule has 94 valence electrons. The molecule has 0 aromatic heterocycles. The monoisotopic (exact) mass is 298 g/mol. The van der Waals surface area contributed by atoms with Crippen LogP contribution in [-0.4, -0.2) is 18.0 Å². The Morgan fingerprint density at radius 3 is 2.47 bits per heavy atom. The van der Waals surface area contributed by atoms with Crippen LogP contribution in [-0.2, 0) is 11.2 Å². The minimum atomic E-state index is -0.440. The average molecular weight is 299 g/mol. The third-order valence-electron chi connectivity index (χ3n) is 2.58. The van der Waals surface area contributed by atoms with Gasteiger partial charge in [-0.2, -0.15) is 0 Å². The van der Waals surface area contributed by atoms with E-state index in [1.165, 1.54) is 5.56 Å². The number of halogens is 1. The molecule has 1 rings (SSSR count). The first-order chi connectivity index (χ1) is 7.99. The number of rotatable bonds is 5. The van der Waals surface area contributed by atoms with Gasteiger partial charge in [0.15, 0.2) is 0 Å². The van der Waals surface area contributed by atoms with E-state index in [4.69, 9.17) is 5.73 Å². The predicted molar refractivity (Wildman–Crippen MR) is 73.7 cm³/mol. The largest absolute Gasteiger partial charge is 0.352 e. The van der Waals surface area contributed by atoms with Crippen LogP contribution < -0.4 is 11.1 Å². The van der Waals surface area contributed by atoms with Crippen molar-refractivity contribution in [1.29, 1.82) is 0 Å². The molecule has 0 saturated heterocycles. The first-order valence-electron chi connectivity index (χ1n) is 5.79. The average Bonchev–Trinajstić information content (AvgIpc) is 2.28. The van der Waals surface area contributed by atoms with E-state index in [1.54, 1.807) is 6.92 Å². The van der Waals surface area contributed by atoms with E-state index in [2.05, 4.69) is 33.4 Å². The quantitative estimate of drug-likeness (QED) is 0.876. The van der Waals surface area contributed by atoms with Crippen molar-refractivity contribution in [3.05, 3.63) is 34.3 Å². The Bertz CT molecular complexity index is 362. The third-order valence-corrected chi connectivity index (χ3v) is 3.11. The molecule has 17 heavy (non-hydrogen) atoms. The van der Waals surface area contributed by atoms with Crippen molar-refractivity contribution in [3.63, 3.8) is 0 Å². The van der Waals surface area contributed by atoms with E-state index >= 15 is 0 Å². The molecule has 3 N–H and O–H groups in total. The fourth-order valence-corrected chi connectivity index (χ4v) is 1.75. The van der Waals surface area contributed by atoms with E-state index in [0.717, 1.165) is 17.3 Å². The van der Waals surface area contributed by atoms with E-state index < -0.39 is 6.04 Å². The SMILES string of the molecule is CC(CCc1ccc(Br)cc1)NC(=O)[C@H](C)N. The number of aryl methyl sites for hydroxylation is 1. The van der Waals surface area contributed by atoms with Crippen molar-refractivity contribution in [2.24, 2.45) is 5.73 Å². The number of benzene rings is 1. The molecule has 0 spiro atoms. The maximum Gasteiger partial charge on any atom is 0.236 e. The summed E-state index contributed by atoms with van der Waals surface area (Å²) in [5.74, 6) is -0.0895. The predicted octanol–water partition coefficient (Wildman–Crippen LogP) is 2.23. The Hall–Kier alpha value is -0.870. The van der Waals surface area contributed by atoms with Crippen LogP contribution in [0.25, 0.3) is 0 Å². The van der Waals surface area contributed by atoms with Crippen LogP contribution in [0.2, 0.25) is 0 Å².